The highest BCUT2D eigenvalue weighted by molar-refractivity contribution is 7.90. The van der Waals surface area contributed by atoms with Gasteiger partial charge in [0.15, 0.2) is 9.84 Å². The Labute approximate surface area is 210 Å². The topological polar surface area (TPSA) is 90.8 Å². The van der Waals surface area contributed by atoms with Crippen LogP contribution in [-0.4, -0.2) is 60.4 Å². The van der Waals surface area contributed by atoms with Gasteiger partial charge in [0.1, 0.15) is 5.75 Å². The third-order valence-electron chi connectivity index (χ3n) is 6.49. The number of hydrogen-bond acceptors (Lipinski definition) is 6. The van der Waals surface area contributed by atoms with E-state index in [1.54, 1.807) is 60.8 Å². The first-order valence-electron chi connectivity index (χ1n) is 11.8. The van der Waals surface area contributed by atoms with Gasteiger partial charge in [0.05, 0.1) is 16.2 Å². The number of sulfone groups is 1. The lowest BCUT2D eigenvalue weighted by molar-refractivity contribution is 0.0628. The number of hydrogen-bond donors (Lipinski definition) is 1. The molecule has 1 amide bonds. The molecule has 1 aliphatic heterocycles. The van der Waals surface area contributed by atoms with E-state index in [9.17, 15) is 18.3 Å². The van der Waals surface area contributed by atoms with E-state index < -0.39 is 9.84 Å². The van der Waals surface area contributed by atoms with Crippen LogP contribution >= 0.6 is 0 Å². The molecular formula is C28H27N3O4S. The van der Waals surface area contributed by atoms with E-state index in [-0.39, 0.29) is 22.3 Å². The number of pyridine rings is 1. The largest absolute Gasteiger partial charge is 0.508 e. The molecule has 7 nitrogen and oxygen atoms in total. The van der Waals surface area contributed by atoms with Crippen molar-refractivity contribution < 1.29 is 18.3 Å². The lowest BCUT2D eigenvalue weighted by atomic mass is 10.1. The van der Waals surface area contributed by atoms with Crippen molar-refractivity contribution in [1.82, 2.24) is 14.8 Å². The van der Waals surface area contributed by atoms with Crippen molar-refractivity contribution >= 4 is 26.6 Å². The third-order valence-corrected chi connectivity index (χ3v) is 8.20. The average molecular weight is 502 g/mol. The van der Waals surface area contributed by atoms with Crippen LogP contribution in [0.2, 0.25) is 0 Å². The summed E-state index contributed by atoms with van der Waals surface area (Å²) in [6.45, 7) is 3.56. The summed E-state index contributed by atoms with van der Waals surface area (Å²) < 4.78 is 26.3. The number of phenolic OH excluding ortho intramolecular Hbond substituents is 1. The number of amides is 1. The minimum atomic E-state index is -3.61. The van der Waals surface area contributed by atoms with E-state index in [0.29, 0.717) is 29.7 Å². The van der Waals surface area contributed by atoms with Gasteiger partial charge in [0, 0.05) is 49.9 Å². The second-order valence-corrected chi connectivity index (χ2v) is 11.0. The van der Waals surface area contributed by atoms with Crippen molar-refractivity contribution in [3.05, 3.63) is 102 Å². The van der Waals surface area contributed by atoms with Crippen molar-refractivity contribution in [1.29, 1.82) is 0 Å². The molecule has 4 aromatic rings. The normalized spacial score (nSPS) is 14.7. The predicted octanol–water partition coefficient (Wildman–Crippen LogP) is 3.87. The molecule has 5 rings (SSSR count). The Morgan fingerprint density at radius 2 is 1.50 bits per heavy atom. The number of fused-ring (bicyclic) bond motifs is 1. The maximum Gasteiger partial charge on any atom is 0.253 e. The minimum absolute atomic E-state index is 0.0491. The zero-order valence-electron chi connectivity index (χ0n) is 19.7. The summed E-state index contributed by atoms with van der Waals surface area (Å²) >= 11 is 0. The number of carbonyl (C=O) groups excluding carboxylic acids is 1. The molecule has 184 valence electrons. The van der Waals surface area contributed by atoms with Gasteiger partial charge < -0.3 is 10.0 Å². The summed E-state index contributed by atoms with van der Waals surface area (Å²) in [5, 5.41) is 10.2. The number of carbonyl (C=O) groups is 1. The first-order valence-corrected chi connectivity index (χ1v) is 13.5. The van der Waals surface area contributed by atoms with Gasteiger partial charge in [-0.15, -0.1) is 0 Å². The van der Waals surface area contributed by atoms with Crippen LogP contribution in [0.25, 0.3) is 10.9 Å². The SMILES string of the molecule is O=C(c1ccc(CS(=O)(=O)c2cccc3cccnc23)cc1)N1CCN(Cc2ccc(O)cc2)CC1. The number of nitrogens with zero attached hydrogens (tertiary/aromatic N) is 3. The van der Waals surface area contributed by atoms with Crippen LogP contribution in [0.4, 0.5) is 0 Å². The van der Waals surface area contributed by atoms with Gasteiger partial charge in [0.25, 0.3) is 5.91 Å². The molecule has 0 atom stereocenters. The van der Waals surface area contributed by atoms with Gasteiger partial charge in [-0.2, -0.15) is 0 Å². The molecule has 1 aliphatic rings. The maximum absolute atomic E-state index is 13.1. The van der Waals surface area contributed by atoms with Gasteiger partial charge in [-0.3, -0.25) is 14.7 Å². The second-order valence-electron chi connectivity index (χ2n) is 9.02. The molecule has 0 radical (unpaired) electrons. The fourth-order valence-corrected chi connectivity index (χ4v) is 6.06. The van der Waals surface area contributed by atoms with Crippen molar-refractivity contribution in [3.8, 4) is 5.75 Å². The summed E-state index contributed by atoms with van der Waals surface area (Å²) in [5.74, 6) is 0.0443. The van der Waals surface area contributed by atoms with E-state index in [4.69, 9.17) is 0 Å². The van der Waals surface area contributed by atoms with Crippen LogP contribution in [-0.2, 0) is 22.1 Å². The Bertz CT molecular complexity index is 1470. The maximum atomic E-state index is 13.1. The summed E-state index contributed by atoms with van der Waals surface area (Å²) in [6, 6.07) is 22.8. The molecule has 1 aromatic heterocycles. The summed E-state index contributed by atoms with van der Waals surface area (Å²) in [5.41, 5.74) is 2.77. The Morgan fingerprint density at radius 3 is 2.22 bits per heavy atom. The first-order chi connectivity index (χ1) is 17.4. The molecule has 36 heavy (non-hydrogen) atoms. The molecule has 0 saturated carbocycles. The number of benzene rings is 3. The zero-order valence-corrected chi connectivity index (χ0v) is 20.6. The van der Waals surface area contributed by atoms with Crippen molar-refractivity contribution in [2.75, 3.05) is 26.2 Å². The molecule has 1 N–H and O–H groups in total. The third kappa shape index (κ3) is 5.24. The molecule has 1 saturated heterocycles. The summed E-state index contributed by atoms with van der Waals surface area (Å²) in [6.07, 6.45) is 1.59. The van der Waals surface area contributed by atoms with Crippen molar-refractivity contribution in [2.45, 2.75) is 17.2 Å². The minimum Gasteiger partial charge on any atom is -0.508 e. The zero-order chi connectivity index (χ0) is 25.1. The highest BCUT2D eigenvalue weighted by Gasteiger charge is 2.23. The molecule has 0 aliphatic carbocycles. The van der Waals surface area contributed by atoms with E-state index in [2.05, 4.69) is 9.88 Å². The molecular weight excluding hydrogens is 474 g/mol. The fraction of sp³-hybridized carbons (Fsp3) is 0.214. The Kier molecular flexibility index (Phi) is 6.71. The van der Waals surface area contributed by atoms with Crippen LogP contribution in [0.3, 0.4) is 0 Å². The van der Waals surface area contributed by atoms with Crippen LogP contribution < -0.4 is 0 Å². The quantitative estimate of drug-likeness (QED) is 0.431. The molecule has 0 spiro atoms. The van der Waals surface area contributed by atoms with Crippen LogP contribution in [0.1, 0.15) is 21.5 Å². The van der Waals surface area contributed by atoms with E-state index in [0.717, 1.165) is 30.6 Å². The van der Waals surface area contributed by atoms with Crippen molar-refractivity contribution in [3.63, 3.8) is 0 Å². The molecule has 8 heteroatoms. The van der Waals surface area contributed by atoms with Gasteiger partial charge in [-0.1, -0.05) is 42.5 Å². The van der Waals surface area contributed by atoms with E-state index in [1.165, 1.54) is 0 Å². The summed E-state index contributed by atoms with van der Waals surface area (Å²) in [4.78, 5) is 21.6. The van der Waals surface area contributed by atoms with Gasteiger partial charge >= 0.3 is 0 Å². The lowest BCUT2D eigenvalue weighted by Crippen LogP contribution is -2.48. The first kappa shape index (κ1) is 24.0. The average Bonchev–Trinajstić information content (AvgIpc) is 2.90. The molecule has 1 fully saturated rings. The van der Waals surface area contributed by atoms with Crippen LogP contribution in [0.15, 0.2) is 90.0 Å². The highest BCUT2D eigenvalue weighted by atomic mass is 32.2. The smallest absolute Gasteiger partial charge is 0.253 e. The fourth-order valence-electron chi connectivity index (χ4n) is 4.52. The number of para-hydroxylation sites is 1. The number of rotatable bonds is 6. The van der Waals surface area contributed by atoms with E-state index in [1.807, 2.05) is 29.2 Å². The number of aromatic hydroxyl groups is 1. The van der Waals surface area contributed by atoms with Crippen molar-refractivity contribution in [2.24, 2.45) is 0 Å². The Hall–Kier alpha value is -3.75. The number of aromatic nitrogens is 1. The molecule has 0 bridgehead atoms. The molecule has 3 aromatic carbocycles. The Balaban J connectivity index is 1.21. The van der Waals surface area contributed by atoms with Gasteiger partial charge in [-0.25, -0.2) is 8.42 Å². The van der Waals surface area contributed by atoms with E-state index >= 15 is 0 Å². The van der Waals surface area contributed by atoms with Gasteiger partial charge in [0.2, 0.25) is 0 Å². The lowest BCUT2D eigenvalue weighted by Gasteiger charge is -2.34. The number of phenols is 1. The highest BCUT2D eigenvalue weighted by Crippen LogP contribution is 2.24. The van der Waals surface area contributed by atoms with Gasteiger partial charge in [-0.05, 0) is 47.5 Å². The van der Waals surface area contributed by atoms with Crippen LogP contribution in [0, 0.1) is 0 Å². The monoisotopic (exact) mass is 501 g/mol. The molecule has 0 unspecified atom stereocenters. The standard InChI is InChI=1S/C28H27N3O4S/c32-25-12-8-21(9-13-25)19-30-15-17-31(18-16-30)28(33)24-10-6-22(7-11-24)20-36(34,35)26-5-1-3-23-4-2-14-29-27(23)26/h1-14,32H,15-20H2. The van der Waals surface area contributed by atoms with Crippen LogP contribution in [0.5, 0.6) is 5.75 Å². The number of piperazine rings is 1. The molecule has 2 heterocycles. The predicted molar refractivity (Wildman–Crippen MR) is 138 cm³/mol. The summed E-state index contributed by atoms with van der Waals surface area (Å²) in [7, 11) is -3.61. The Morgan fingerprint density at radius 1 is 0.833 bits per heavy atom. The second kappa shape index (κ2) is 10.1.